The fraction of sp³-hybridized carbons (Fsp3) is 0.500. The second-order valence-electron chi connectivity index (χ2n) is 1.01. The Bertz CT molecular complexity index is 75.3. The van der Waals surface area contributed by atoms with Gasteiger partial charge in [0.2, 0.25) is 0 Å². The van der Waals surface area contributed by atoms with Crippen LogP contribution in [0.3, 0.4) is 0 Å². The molecule has 0 aliphatic heterocycles. The van der Waals surface area contributed by atoms with Crippen molar-refractivity contribution in [2.75, 3.05) is 0 Å². The van der Waals surface area contributed by atoms with E-state index in [2.05, 4.69) is 0 Å². The van der Waals surface area contributed by atoms with E-state index >= 15 is 0 Å². The summed E-state index contributed by atoms with van der Waals surface area (Å²) in [4.78, 5) is 17.9. The Morgan fingerprint density at radius 3 is 1.30 bits per heavy atom. The second kappa shape index (κ2) is 16.5. The molecule has 0 radical (unpaired) electrons. The number of carboxylic acids is 2. The minimum Gasteiger partial charge on any atom is -0.550 e. The van der Waals surface area contributed by atoms with E-state index in [4.69, 9.17) is 19.8 Å². The molecule has 0 atom stereocenters. The van der Waals surface area contributed by atoms with E-state index in [1.807, 2.05) is 0 Å². The molecule has 48 valence electrons. The van der Waals surface area contributed by atoms with Crippen LogP contribution in [0.15, 0.2) is 0 Å². The van der Waals surface area contributed by atoms with Gasteiger partial charge in [0.05, 0.1) is 0 Å². The van der Waals surface area contributed by atoms with Crippen LogP contribution in [0.2, 0.25) is 0 Å². The average molecular weight is 183 g/mol. The molecule has 0 spiro atoms. The number of carbonyl (C=O) groups excluding carboxylic acids is 1. The van der Waals surface area contributed by atoms with Gasteiger partial charge in [0.1, 0.15) is 0 Å². The van der Waals surface area contributed by atoms with Crippen LogP contribution < -0.4 is 5.11 Å². The standard InChI is InChI=1S/2C2H4O2.Ca.Mg/c2*1-2(3)4;;/h2*1H3,(H,3,4);;/q;;2*+2/p-1. The van der Waals surface area contributed by atoms with Crippen molar-refractivity contribution >= 4 is 72.7 Å². The third-order valence-corrected chi connectivity index (χ3v) is 0. The van der Waals surface area contributed by atoms with Gasteiger partial charge in [0, 0.05) is 12.9 Å². The minimum atomic E-state index is -1.08. The zero-order valence-electron chi connectivity index (χ0n) is 6.09. The van der Waals surface area contributed by atoms with Gasteiger partial charge in [-0.2, -0.15) is 0 Å². The van der Waals surface area contributed by atoms with Crippen LogP contribution in [0.25, 0.3) is 0 Å². The van der Waals surface area contributed by atoms with Gasteiger partial charge in [0.25, 0.3) is 5.97 Å². The molecule has 0 aromatic carbocycles. The summed E-state index contributed by atoms with van der Waals surface area (Å²) in [6.07, 6.45) is 0. The largest absolute Gasteiger partial charge is 2.00 e. The van der Waals surface area contributed by atoms with Crippen LogP contribution >= 0.6 is 0 Å². The number of aliphatic carboxylic acids is 2. The fourth-order valence-electron chi connectivity index (χ4n) is 0. The van der Waals surface area contributed by atoms with Gasteiger partial charge in [-0.05, 0) is 6.92 Å². The number of carbonyl (C=O) groups is 2. The smallest absolute Gasteiger partial charge is 0.550 e. The van der Waals surface area contributed by atoms with Gasteiger partial charge in [0.15, 0.2) is 0 Å². The van der Waals surface area contributed by atoms with Gasteiger partial charge in [-0.1, -0.05) is 0 Å². The quantitative estimate of drug-likeness (QED) is 0.445. The summed E-state index contributed by atoms with van der Waals surface area (Å²) in [5.41, 5.74) is 0. The van der Waals surface area contributed by atoms with Crippen molar-refractivity contribution in [2.45, 2.75) is 13.8 Å². The Morgan fingerprint density at radius 1 is 1.30 bits per heavy atom. The predicted octanol–water partition coefficient (Wildman–Crippen LogP) is -1.91. The van der Waals surface area contributed by atoms with E-state index in [0.717, 1.165) is 13.8 Å². The molecular formula is C4H7CaMgO4+3. The van der Waals surface area contributed by atoms with Crippen LogP contribution in [0, 0.1) is 0 Å². The minimum absolute atomic E-state index is 0. The predicted molar refractivity (Wildman–Crippen MR) is 35.5 cm³/mol. The number of carboxylic acid groups (broad SMARTS) is 2. The van der Waals surface area contributed by atoms with E-state index in [1.165, 1.54) is 0 Å². The van der Waals surface area contributed by atoms with Crippen LogP contribution in [-0.2, 0) is 9.59 Å². The number of hydrogen-bond donors (Lipinski definition) is 1. The summed E-state index contributed by atoms with van der Waals surface area (Å²) in [6, 6.07) is 0. The maximum absolute atomic E-state index is 9.00. The molecule has 4 nitrogen and oxygen atoms in total. The Hall–Kier alpha value is 0.966. The van der Waals surface area contributed by atoms with Crippen molar-refractivity contribution in [2.24, 2.45) is 0 Å². The van der Waals surface area contributed by atoms with Gasteiger partial charge in [-0.15, -0.1) is 0 Å². The third-order valence-electron chi connectivity index (χ3n) is 0. The van der Waals surface area contributed by atoms with E-state index in [0.29, 0.717) is 0 Å². The van der Waals surface area contributed by atoms with E-state index in [-0.39, 0.29) is 60.8 Å². The Morgan fingerprint density at radius 2 is 1.30 bits per heavy atom. The molecule has 0 aromatic heterocycles. The zero-order chi connectivity index (χ0) is 7.15. The van der Waals surface area contributed by atoms with Crippen LogP contribution in [-0.4, -0.2) is 77.8 Å². The van der Waals surface area contributed by atoms with E-state index < -0.39 is 11.9 Å². The average Bonchev–Trinajstić information content (AvgIpc) is 1.25. The molecule has 0 fully saturated rings. The topological polar surface area (TPSA) is 77.4 Å². The zero-order valence-corrected chi connectivity index (χ0v) is 9.71. The fourth-order valence-corrected chi connectivity index (χ4v) is 0. The second-order valence-corrected chi connectivity index (χ2v) is 1.01. The van der Waals surface area contributed by atoms with Crippen molar-refractivity contribution in [1.82, 2.24) is 0 Å². The molecular weight excluding hydrogens is 176 g/mol. The summed E-state index contributed by atoms with van der Waals surface area (Å²) >= 11 is 0. The molecule has 0 aliphatic carbocycles. The molecule has 6 heteroatoms. The van der Waals surface area contributed by atoms with E-state index in [9.17, 15) is 0 Å². The third kappa shape index (κ3) is 610. The molecule has 0 aliphatic rings. The number of hydrogen-bond acceptors (Lipinski definition) is 3. The summed E-state index contributed by atoms with van der Waals surface area (Å²) < 4.78 is 0. The Labute approximate surface area is 105 Å². The molecule has 1 N–H and O–H groups in total. The molecule has 0 rings (SSSR count). The molecule has 10 heavy (non-hydrogen) atoms. The SMILES string of the molecule is CC(=O)O.CC(=O)[O-].[Ca+2].[Mg+2]. The van der Waals surface area contributed by atoms with Crippen molar-refractivity contribution in [3.63, 3.8) is 0 Å². The van der Waals surface area contributed by atoms with Crippen LogP contribution in [0.1, 0.15) is 13.8 Å². The van der Waals surface area contributed by atoms with Gasteiger partial charge in [-0.25, -0.2) is 0 Å². The van der Waals surface area contributed by atoms with Crippen LogP contribution in [0.5, 0.6) is 0 Å². The normalized spacial score (nSPS) is 5.00. The van der Waals surface area contributed by atoms with Gasteiger partial charge < -0.3 is 15.0 Å². The molecule has 0 aromatic rings. The van der Waals surface area contributed by atoms with Crippen LogP contribution in [0.4, 0.5) is 0 Å². The molecule has 0 heterocycles. The Kier molecular flexibility index (Phi) is 37.1. The summed E-state index contributed by atoms with van der Waals surface area (Å²) in [5.74, 6) is -1.92. The summed E-state index contributed by atoms with van der Waals surface area (Å²) in [6.45, 7) is 2.06. The molecule has 0 unspecified atom stereocenters. The Balaban J connectivity index is -0.0000000300. The van der Waals surface area contributed by atoms with Gasteiger partial charge >= 0.3 is 60.8 Å². The first kappa shape index (κ1) is 22.4. The van der Waals surface area contributed by atoms with Gasteiger partial charge in [-0.3, -0.25) is 4.79 Å². The maximum atomic E-state index is 9.00. The first-order valence-corrected chi connectivity index (χ1v) is 1.84. The molecule has 0 saturated carbocycles. The first-order chi connectivity index (χ1) is 3.46. The molecule has 0 amide bonds. The van der Waals surface area contributed by atoms with E-state index in [1.54, 1.807) is 0 Å². The molecule has 0 bridgehead atoms. The van der Waals surface area contributed by atoms with Crippen molar-refractivity contribution in [3.05, 3.63) is 0 Å². The summed E-state index contributed by atoms with van der Waals surface area (Å²) in [7, 11) is 0. The summed E-state index contributed by atoms with van der Waals surface area (Å²) in [5, 5.41) is 16.3. The monoisotopic (exact) mass is 183 g/mol. The van der Waals surface area contributed by atoms with Crippen molar-refractivity contribution in [1.29, 1.82) is 0 Å². The first-order valence-electron chi connectivity index (χ1n) is 1.84. The maximum Gasteiger partial charge on any atom is 2.00 e. The molecule has 0 saturated heterocycles. The van der Waals surface area contributed by atoms with Crippen molar-refractivity contribution in [3.8, 4) is 0 Å². The number of rotatable bonds is 0. The van der Waals surface area contributed by atoms with Crippen molar-refractivity contribution < 1.29 is 19.8 Å².